The fourth-order valence-corrected chi connectivity index (χ4v) is 2.49. The third kappa shape index (κ3) is 3.31. The molecule has 0 bridgehead atoms. The molecule has 0 fully saturated rings. The minimum atomic E-state index is -0.543. The van der Waals surface area contributed by atoms with Crippen LogP contribution < -0.4 is 5.56 Å². The van der Waals surface area contributed by atoms with Crippen LogP contribution in [0.3, 0.4) is 0 Å². The molecule has 0 saturated heterocycles. The Kier molecular flexibility index (Phi) is 4.14. The molecular formula is C15H17N3O2S. The van der Waals surface area contributed by atoms with Gasteiger partial charge in [-0.1, -0.05) is 20.8 Å². The topological polar surface area (TPSA) is 78.9 Å². The Balaban J connectivity index is 2.54. The molecule has 1 N–H and O–H groups in total. The Hall–Kier alpha value is -2.13. The lowest BCUT2D eigenvalue weighted by atomic mass is 9.92. The number of aromatic nitrogens is 2. The Bertz CT molecular complexity index is 734. The van der Waals surface area contributed by atoms with Gasteiger partial charge in [0.25, 0.3) is 5.56 Å². The molecule has 2 heterocycles. The molecule has 2 rings (SSSR count). The highest BCUT2D eigenvalue weighted by molar-refractivity contribution is 7.08. The number of aryl methyl sites for hydroxylation is 1. The van der Waals surface area contributed by atoms with Crippen molar-refractivity contribution in [3.05, 3.63) is 32.7 Å². The van der Waals surface area contributed by atoms with Crippen LogP contribution in [0.2, 0.25) is 0 Å². The summed E-state index contributed by atoms with van der Waals surface area (Å²) in [5.74, 6) is -0.340. The molecule has 0 spiro atoms. The van der Waals surface area contributed by atoms with Gasteiger partial charge in [0.2, 0.25) is 0 Å². The van der Waals surface area contributed by atoms with Crippen molar-refractivity contribution < 1.29 is 5.11 Å². The van der Waals surface area contributed by atoms with E-state index in [9.17, 15) is 9.90 Å². The smallest absolute Gasteiger partial charge is 0.288 e. The maximum atomic E-state index is 12.2. The second-order valence-electron chi connectivity index (χ2n) is 6.03. The monoisotopic (exact) mass is 303 g/mol. The van der Waals surface area contributed by atoms with Crippen molar-refractivity contribution in [3.63, 3.8) is 0 Å². The zero-order chi connectivity index (χ0) is 15.6. The molecule has 21 heavy (non-hydrogen) atoms. The molecule has 5 nitrogen and oxygen atoms in total. The third-order valence-corrected chi connectivity index (χ3v) is 3.79. The highest BCUT2D eigenvalue weighted by Gasteiger charge is 2.19. The number of rotatable bonds is 3. The number of nitriles is 1. The van der Waals surface area contributed by atoms with E-state index in [-0.39, 0.29) is 22.4 Å². The van der Waals surface area contributed by atoms with E-state index in [1.165, 1.54) is 16.0 Å². The molecule has 0 amide bonds. The minimum absolute atomic E-state index is 0.0500. The fraction of sp³-hybridized carbons (Fsp3) is 0.400. The summed E-state index contributed by atoms with van der Waals surface area (Å²) in [6, 6.07) is 3.58. The Morgan fingerprint density at radius 3 is 2.71 bits per heavy atom. The second kappa shape index (κ2) is 5.70. The average molecular weight is 303 g/mol. The number of hydrogen-bond acceptors (Lipinski definition) is 5. The molecule has 0 unspecified atom stereocenters. The summed E-state index contributed by atoms with van der Waals surface area (Å²) in [7, 11) is 0. The van der Waals surface area contributed by atoms with Gasteiger partial charge in [-0.3, -0.25) is 4.79 Å². The van der Waals surface area contributed by atoms with Crippen molar-refractivity contribution >= 4 is 11.3 Å². The van der Waals surface area contributed by atoms with Gasteiger partial charge in [0.05, 0.1) is 0 Å². The quantitative estimate of drug-likeness (QED) is 0.945. The predicted octanol–water partition coefficient (Wildman–Crippen LogP) is 2.99. The molecule has 0 aliphatic carbocycles. The van der Waals surface area contributed by atoms with Crippen LogP contribution in [-0.4, -0.2) is 14.9 Å². The van der Waals surface area contributed by atoms with Crippen LogP contribution >= 0.6 is 11.3 Å². The van der Waals surface area contributed by atoms with E-state index in [1.54, 1.807) is 12.1 Å². The van der Waals surface area contributed by atoms with Crippen LogP contribution in [0.25, 0.3) is 11.3 Å². The van der Waals surface area contributed by atoms with Gasteiger partial charge in [-0.2, -0.15) is 21.7 Å². The summed E-state index contributed by atoms with van der Waals surface area (Å²) in [5.41, 5.74) is 0.243. The van der Waals surface area contributed by atoms with Crippen molar-refractivity contribution in [3.8, 4) is 23.1 Å². The SMILES string of the molecule is CC(C)(C)CCn1nc(-c2ccsc2)c(O)c(C#N)c1=O. The average Bonchev–Trinajstić information content (AvgIpc) is 2.91. The first kappa shape index (κ1) is 15.3. The number of hydrogen-bond donors (Lipinski definition) is 1. The fourth-order valence-electron chi connectivity index (χ4n) is 1.85. The molecule has 0 aromatic carbocycles. The number of thiophene rings is 1. The van der Waals surface area contributed by atoms with E-state index in [2.05, 4.69) is 25.9 Å². The first-order chi connectivity index (χ1) is 9.83. The van der Waals surface area contributed by atoms with Gasteiger partial charge in [0, 0.05) is 17.5 Å². The molecule has 0 atom stereocenters. The van der Waals surface area contributed by atoms with Gasteiger partial charge in [-0.25, -0.2) is 4.68 Å². The van der Waals surface area contributed by atoms with Crippen molar-refractivity contribution in [1.82, 2.24) is 9.78 Å². The van der Waals surface area contributed by atoms with E-state index in [0.29, 0.717) is 12.1 Å². The second-order valence-corrected chi connectivity index (χ2v) is 6.82. The standard InChI is InChI=1S/C15H17N3O2S/c1-15(2,3)5-6-18-14(20)11(8-16)13(19)12(17-18)10-4-7-21-9-10/h4,7,9,19H,5-6H2,1-3H3. The highest BCUT2D eigenvalue weighted by Crippen LogP contribution is 2.29. The summed E-state index contributed by atoms with van der Waals surface area (Å²) in [4.78, 5) is 12.2. The van der Waals surface area contributed by atoms with E-state index in [0.717, 1.165) is 6.42 Å². The Labute approximate surface area is 127 Å². The maximum absolute atomic E-state index is 12.2. The van der Waals surface area contributed by atoms with Gasteiger partial charge in [0.1, 0.15) is 11.8 Å². The van der Waals surface area contributed by atoms with Crippen molar-refractivity contribution in [1.29, 1.82) is 5.26 Å². The lowest BCUT2D eigenvalue weighted by Crippen LogP contribution is -2.27. The molecule has 0 aliphatic rings. The summed E-state index contributed by atoms with van der Waals surface area (Å²) in [5, 5.41) is 27.1. The van der Waals surface area contributed by atoms with Crippen molar-refractivity contribution in [2.45, 2.75) is 33.7 Å². The normalized spacial score (nSPS) is 11.3. The largest absolute Gasteiger partial charge is 0.504 e. The Morgan fingerprint density at radius 2 is 2.19 bits per heavy atom. The van der Waals surface area contributed by atoms with Crippen molar-refractivity contribution in [2.24, 2.45) is 5.41 Å². The first-order valence-corrected chi connectivity index (χ1v) is 7.54. The van der Waals surface area contributed by atoms with Gasteiger partial charge < -0.3 is 5.11 Å². The summed E-state index contributed by atoms with van der Waals surface area (Å²) >= 11 is 1.46. The van der Waals surface area contributed by atoms with Crippen LogP contribution in [0.1, 0.15) is 32.8 Å². The molecule has 0 radical (unpaired) electrons. The van der Waals surface area contributed by atoms with E-state index in [4.69, 9.17) is 5.26 Å². The van der Waals surface area contributed by atoms with Gasteiger partial charge in [0.15, 0.2) is 11.3 Å². The number of nitrogens with zero attached hydrogens (tertiary/aromatic N) is 3. The molecule has 0 saturated carbocycles. The summed E-state index contributed by atoms with van der Waals surface area (Å²) < 4.78 is 1.27. The zero-order valence-electron chi connectivity index (χ0n) is 12.3. The van der Waals surface area contributed by atoms with Crippen LogP contribution in [0.5, 0.6) is 5.75 Å². The maximum Gasteiger partial charge on any atom is 0.288 e. The van der Waals surface area contributed by atoms with Crippen molar-refractivity contribution in [2.75, 3.05) is 0 Å². The summed E-state index contributed by atoms with van der Waals surface area (Å²) in [6.07, 6.45) is 0.749. The van der Waals surface area contributed by atoms with Gasteiger partial charge in [-0.05, 0) is 23.3 Å². The molecule has 0 aliphatic heterocycles. The van der Waals surface area contributed by atoms with E-state index < -0.39 is 5.56 Å². The van der Waals surface area contributed by atoms with E-state index >= 15 is 0 Å². The lowest BCUT2D eigenvalue weighted by molar-refractivity contribution is 0.335. The summed E-state index contributed by atoms with van der Waals surface area (Å²) in [6.45, 7) is 6.63. The highest BCUT2D eigenvalue weighted by atomic mass is 32.1. The van der Waals surface area contributed by atoms with Crippen LogP contribution in [0.15, 0.2) is 21.6 Å². The molecule has 6 heteroatoms. The Morgan fingerprint density at radius 1 is 1.48 bits per heavy atom. The lowest BCUT2D eigenvalue weighted by Gasteiger charge is -2.18. The van der Waals surface area contributed by atoms with E-state index in [1.807, 2.05) is 10.8 Å². The van der Waals surface area contributed by atoms with Crippen LogP contribution in [0.4, 0.5) is 0 Å². The minimum Gasteiger partial charge on any atom is -0.504 e. The van der Waals surface area contributed by atoms with Crippen LogP contribution in [0, 0.1) is 16.7 Å². The predicted molar refractivity (Wildman–Crippen MR) is 82.3 cm³/mol. The van der Waals surface area contributed by atoms with Gasteiger partial charge in [-0.15, -0.1) is 0 Å². The molecule has 2 aromatic heterocycles. The number of aromatic hydroxyl groups is 1. The van der Waals surface area contributed by atoms with Crippen LogP contribution in [-0.2, 0) is 6.54 Å². The molecule has 2 aromatic rings. The first-order valence-electron chi connectivity index (χ1n) is 6.60. The van der Waals surface area contributed by atoms with Gasteiger partial charge >= 0.3 is 0 Å². The molecule has 110 valence electrons. The molecular weight excluding hydrogens is 286 g/mol. The zero-order valence-corrected chi connectivity index (χ0v) is 13.1. The third-order valence-electron chi connectivity index (χ3n) is 3.11.